The second-order valence-corrected chi connectivity index (χ2v) is 6.87. The lowest BCUT2D eigenvalue weighted by Gasteiger charge is -2.36. The molecule has 0 radical (unpaired) electrons. The normalized spacial score (nSPS) is 19.5. The van der Waals surface area contributed by atoms with E-state index in [1.807, 2.05) is 6.92 Å². The Morgan fingerprint density at radius 1 is 1.37 bits per heavy atom. The van der Waals surface area contributed by atoms with Crippen molar-refractivity contribution in [2.75, 3.05) is 31.8 Å². The number of methoxy groups -OCH3 is 1. The first-order valence-electron chi connectivity index (χ1n) is 9.57. The van der Waals surface area contributed by atoms with Gasteiger partial charge in [-0.05, 0) is 30.7 Å². The molecule has 1 aliphatic heterocycles. The third-order valence-corrected chi connectivity index (χ3v) is 4.54. The molecule has 2 atom stereocenters. The Hall–Kier alpha value is -2.69. The summed E-state index contributed by atoms with van der Waals surface area (Å²) in [5.41, 5.74) is 11.5. The minimum Gasteiger partial charge on any atom is -0.491 e. The molecule has 2 rings (SSSR count). The third-order valence-electron chi connectivity index (χ3n) is 4.24. The Balaban J connectivity index is 2.15. The molecule has 0 aliphatic carbocycles. The van der Waals surface area contributed by atoms with Crippen molar-refractivity contribution < 1.29 is 14.3 Å². The highest BCUT2D eigenvalue weighted by Gasteiger charge is 2.36. The molecule has 164 valence electrons. The smallest absolute Gasteiger partial charge is 0.275 e. The van der Waals surface area contributed by atoms with Crippen LogP contribution in [-0.4, -0.2) is 61.9 Å². The average Bonchev–Trinajstić information content (AvgIpc) is 2.72. The highest BCUT2D eigenvalue weighted by molar-refractivity contribution is 6.47. The molecule has 0 fully saturated rings. The fourth-order valence-electron chi connectivity index (χ4n) is 2.66. The van der Waals surface area contributed by atoms with Gasteiger partial charge in [0.25, 0.3) is 5.91 Å². The summed E-state index contributed by atoms with van der Waals surface area (Å²) >= 11 is 6.18. The van der Waals surface area contributed by atoms with Crippen LogP contribution in [0, 0.1) is 5.41 Å². The van der Waals surface area contributed by atoms with Crippen molar-refractivity contribution >= 4 is 40.7 Å². The Morgan fingerprint density at radius 3 is 2.70 bits per heavy atom. The van der Waals surface area contributed by atoms with Gasteiger partial charge in [0, 0.05) is 19.3 Å². The molecule has 2 unspecified atom stereocenters. The molecule has 0 spiro atoms. The highest BCUT2D eigenvalue weighted by Crippen LogP contribution is 2.25. The minimum atomic E-state index is -1.07. The first kappa shape index (κ1) is 23.6. The van der Waals surface area contributed by atoms with Crippen molar-refractivity contribution in [2.24, 2.45) is 21.5 Å². The molecule has 0 bridgehead atoms. The number of anilines is 1. The van der Waals surface area contributed by atoms with Gasteiger partial charge in [0.2, 0.25) is 0 Å². The van der Waals surface area contributed by atoms with E-state index >= 15 is 0 Å². The molecule has 11 heteroatoms. The number of hydrogen-bond donors (Lipinski definition) is 4. The van der Waals surface area contributed by atoms with E-state index in [-0.39, 0.29) is 17.5 Å². The Bertz CT molecular complexity index is 798. The van der Waals surface area contributed by atoms with Crippen molar-refractivity contribution in [1.29, 1.82) is 5.41 Å². The second kappa shape index (κ2) is 11.5. The van der Waals surface area contributed by atoms with Gasteiger partial charge in [0.1, 0.15) is 30.1 Å². The topological polar surface area (TPSA) is 151 Å². The van der Waals surface area contributed by atoms with Crippen LogP contribution in [0.3, 0.4) is 0 Å². The summed E-state index contributed by atoms with van der Waals surface area (Å²) in [7, 11) is 1.60. The van der Waals surface area contributed by atoms with E-state index in [0.29, 0.717) is 31.2 Å². The second-order valence-electron chi connectivity index (χ2n) is 6.46. The van der Waals surface area contributed by atoms with Gasteiger partial charge in [-0.3, -0.25) is 25.5 Å². The van der Waals surface area contributed by atoms with E-state index < -0.39 is 17.6 Å². The number of amides is 1. The van der Waals surface area contributed by atoms with Crippen molar-refractivity contribution in [3.05, 3.63) is 24.3 Å². The van der Waals surface area contributed by atoms with Crippen LogP contribution in [0.15, 0.2) is 34.3 Å². The van der Waals surface area contributed by atoms with E-state index in [0.717, 1.165) is 12.8 Å². The standard InChI is InChI=1S/C19H28ClN7O3/c1-3-4-9-24-19(23)26-18(28)14-16(21)27(17(22)15(20)25-14)12-5-7-13(8-6-12)30-11-10-29-2/h5-8,15-16,22H,3-4,9-11,21H2,1-2H3,(H3,23,24,26,28). The number of nitrogens with one attached hydrogen (secondary N) is 2. The predicted molar refractivity (Wildman–Crippen MR) is 119 cm³/mol. The first-order chi connectivity index (χ1) is 14.4. The molecular weight excluding hydrogens is 410 g/mol. The van der Waals surface area contributed by atoms with Crippen LogP contribution < -0.4 is 26.4 Å². The SMILES string of the molecule is CCCCN=C(N)NC(=O)C1=NC(Cl)C(=N)N(c2ccc(OCCOC)cc2)C1N. The number of carbonyl (C=O) groups is 1. The average molecular weight is 438 g/mol. The molecule has 10 nitrogen and oxygen atoms in total. The lowest BCUT2D eigenvalue weighted by molar-refractivity contribution is -0.113. The lowest BCUT2D eigenvalue weighted by Crippen LogP contribution is -2.61. The van der Waals surface area contributed by atoms with Crippen molar-refractivity contribution in [3.8, 4) is 5.75 Å². The summed E-state index contributed by atoms with van der Waals surface area (Å²) in [4.78, 5) is 22.2. The molecule has 30 heavy (non-hydrogen) atoms. The maximum absolute atomic E-state index is 12.6. The number of guanidine groups is 1. The third kappa shape index (κ3) is 6.15. The number of alkyl halides is 1. The highest BCUT2D eigenvalue weighted by atomic mass is 35.5. The van der Waals surface area contributed by atoms with Crippen molar-refractivity contribution in [3.63, 3.8) is 0 Å². The zero-order valence-electron chi connectivity index (χ0n) is 17.1. The number of unbranched alkanes of at least 4 members (excludes halogenated alkanes) is 1. The van der Waals surface area contributed by atoms with Crippen LogP contribution in [-0.2, 0) is 9.53 Å². The van der Waals surface area contributed by atoms with Gasteiger partial charge in [0.15, 0.2) is 11.5 Å². The quantitative estimate of drug-likeness (QED) is 0.149. The fraction of sp³-hybridized carbons (Fsp3) is 0.474. The van der Waals surface area contributed by atoms with E-state index in [2.05, 4.69) is 15.3 Å². The maximum atomic E-state index is 12.6. The van der Waals surface area contributed by atoms with Gasteiger partial charge in [-0.15, -0.1) is 0 Å². The summed E-state index contributed by atoms with van der Waals surface area (Å²) < 4.78 is 10.5. The number of halogens is 1. The van der Waals surface area contributed by atoms with Crippen LogP contribution in [0.5, 0.6) is 5.75 Å². The molecule has 1 aromatic carbocycles. The fourth-order valence-corrected chi connectivity index (χ4v) is 2.87. The number of carbonyl (C=O) groups excluding carboxylic acids is 1. The Kier molecular flexibility index (Phi) is 9.03. The molecule has 1 amide bonds. The molecule has 0 aromatic heterocycles. The molecule has 0 saturated carbocycles. The number of rotatable bonds is 9. The molecule has 0 saturated heterocycles. The van der Waals surface area contributed by atoms with Crippen LogP contribution in [0.4, 0.5) is 5.69 Å². The monoisotopic (exact) mass is 437 g/mol. The minimum absolute atomic E-state index is 0.0146. The zero-order chi connectivity index (χ0) is 22.1. The number of aliphatic imine (C=N–C) groups is 2. The van der Waals surface area contributed by atoms with Crippen LogP contribution in [0.2, 0.25) is 0 Å². The van der Waals surface area contributed by atoms with Crippen molar-refractivity contribution in [2.45, 2.75) is 31.4 Å². The molecule has 1 aromatic rings. The van der Waals surface area contributed by atoms with Gasteiger partial charge >= 0.3 is 0 Å². The summed E-state index contributed by atoms with van der Waals surface area (Å²) in [5, 5.41) is 10.7. The van der Waals surface area contributed by atoms with Crippen LogP contribution in [0.1, 0.15) is 19.8 Å². The van der Waals surface area contributed by atoms with Gasteiger partial charge in [-0.2, -0.15) is 0 Å². The van der Waals surface area contributed by atoms with Crippen LogP contribution in [0.25, 0.3) is 0 Å². The molecule has 1 heterocycles. The van der Waals surface area contributed by atoms with Gasteiger partial charge in [-0.1, -0.05) is 24.9 Å². The number of ether oxygens (including phenoxy) is 2. The number of nitrogens with two attached hydrogens (primary N) is 2. The number of hydrogen-bond acceptors (Lipinski definition) is 7. The van der Waals surface area contributed by atoms with E-state index in [1.54, 1.807) is 31.4 Å². The van der Waals surface area contributed by atoms with Gasteiger partial charge in [0.05, 0.1) is 6.61 Å². The number of benzene rings is 1. The van der Waals surface area contributed by atoms with Gasteiger partial charge < -0.3 is 25.8 Å². The number of amidine groups is 1. The predicted octanol–water partition coefficient (Wildman–Crippen LogP) is 1.03. The van der Waals surface area contributed by atoms with E-state index in [1.165, 1.54) is 4.90 Å². The summed E-state index contributed by atoms with van der Waals surface area (Å²) in [6.45, 7) is 3.42. The van der Waals surface area contributed by atoms with Crippen LogP contribution >= 0.6 is 11.6 Å². The first-order valence-corrected chi connectivity index (χ1v) is 10.0. The summed E-state index contributed by atoms with van der Waals surface area (Å²) in [6, 6.07) is 6.92. The van der Waals surface area contributed by atoms with Gasteiger partial charge in [-0.25, -0.2) is 0 Å². The molecule has 1 aliphatic rings. The summed E-state index contributed by atoms with van der Waals surface area (Å²) in [5.74, 6) is -0.0291. The lowest BCUT2D eigenvalue weighted by atomic mass is 10.1. The maximum Gasteiger partial charge on any atom is 0.275 e. The molecular formula is C19H28ClN7O3. The Labute approximate surface area is 180 Å². The van der Waals surface area contributed by atoms with E-state index in [4.69, 9.17) is 38.0 Å². The van der Waals surface area contributed by atoms with Crippen molar-refractivity contribution in [1.82, 2.24) is 5.32 Å². The van der Waals surface area contributed by atoms with E-state index in [9.17, 15) is 4.79 Å². The number of nitrogens with zero attached hydrogens (tertiary/aromatic N) is 3. The zero-order valence-corrected chi connectivity index (χ0v) is 17.9. The summed E-state index contributed by atoms with van der Waals surface area (Å²) in [6.07, 6.45) is 0.802. The largest absolute Gasteiger partial charge is 0.491 e. The Morgan fingerprint density at radius 2 is 2.07 bits per heavy atom. The molecule has 6 N–H and O–H groups in total.